The molecule has 1 aromatic carbocycles. The fraction of sp³-hybridized carbons (Fsp3) is 0.625. The van der Waals surface area contributed by atoms with Crippen LogP contribution in [0, 0.1) is 0 Å². The summed E-state index contributed by atoms with van der Waals surface area (Å²) < 4.78 is 0. The van der Waals surface area contributed by atoms with Crippen molar-refractivity contribution in [1.82, 2.24) is 0 Å². The van der Waals surface area contributed by atoms with Gasteiger partial charge in [0, 0.05) is 31.2 Å². The minimum absolute atomic E-state index is 0.113. The predicted molar refractivity (Wildman–Crippen MR) is 72.2 cm³/mol. The van der Waals surface area contributed by atoms with Crippen LogP contribution in [0.3, 0.4) is 0 Å². The van der Waals surface area contributed by atoms with Crippen LogP contribution in [0.1, 0.15) is 56.6 Å². The fourth-order valence-corrected chi connectivity index (χ4v) is 3.97. The zero-order valence-corrected chi connectivity index (χ0v) is 11.0. The molecule has 3 rings (SSSR count). The Morgan fingerprint density at radius 1 is 1.06 bits per heavy atom. The third-order valence-electron chi connectivity index (χ3n) is 4.80. The van der Waals surface area contributed by atoms with E-state index >= 15 is 0 Å². The molecule has 1 aliphatic carbocycles. The smallest absolute Gasteiger partial charge is 0.114 e. The molecule has 2 heteroatoms. The second kappa shape index (κ2) is 5.02. The first-order valence-electron chi connectivity index (χ1n) is 7.36. The van der Waals surface area contributed by atoms with Crippen LogP contribution in [-0.2, 0) is 0 Å². The van der Waals surface area contributed by atoms with Gasteiger partial charge in [0.15, 0.2) is 0 Å². The minimum atomic E-state index is -0.113. The average Bonchev–Trinajstić information content (AvgIpc) is 2.40. The highest BCUT2D eigenvalue weighted by atomic mass is 16.3. The zero-order chi connectivity index (χ0) is 12.4. The van der Waals surface area contributed by atoms with Gasteiger partial charge in [0.25, 0.3) is 0 Å². The first-order valence-corrected chi connectivity index (χ1v) is 7.36. The van der Waals surface area contributed by atoms with Crippen molar-refractivity contribution in [2.24, 2.45) is 0 Å². The lowest BCUT2D eigenvalue weighted by molar-refractivity contribution is -0.777. The van der Waals surface area contributed by atoms with Crippen LogP contribution in [0.4, 0.5) is 0 Å². The summed E-state index contributed by atoms with van der Waals surface area (Å²) in [7, 11) is 0. The van der Waals surface area contributed by atoms with Crippen molar-refractivity contribution >= 4 is 0 Å². The molecule has 2 atom stereocenters. The zero-order valence-electron chi connectivity index (χ0n) is 11.0. The van der Waals surface area contributed by atoms with E-state index in [1.165, 1.54) is 37.7 Å². The Labute approximate surface area is 109 Å². The highest BCUT2D eigenvalue weighted by molar-refractivity contribution is 5.17. The molecule has 1 saturated carbocycles. The lowest BCUT2D eigenvalue weighted by Gasteiger charge is -2.43. The Morgan fingerprint density at radius 2 is 1.78 bits per heavy atom. The van der Waals surface area contributed by atoms with Gasteiger partial charge in [-0.15, -0.1) is 0 Å². The van der Waals surface area contributed by atoms with E-state index in [1.807, 2.05) is 0 Å². The summed E-state index contributed by atoms with van der Waals surface area (Å²) >= 11 is 0. The maximum atomic E-state index is 10.2. The van der Waals surface area contributed by atoms with Gasteiger partial charge in [-0.2, -0.15) is 0 Å². The average molecular weight is 246 g/mol. The van der Waals surface area contributed by atoms with E-state index < -0.39 is 0 Å². The van der Waals surface area contributed by atoms with Crippen molar-refractivity contribution in [2.45, 2.75) is 62.6 Å². The first-order chi connectivity index (χ1) is 8.77. The third-order valence-corrected chi connectivity index (χ3v) is 4.80. The SMILES string of the molecule is O[C@@H]1C[C@@H](c2ccccc2)[NH2+]C2(CCCCC2)C1. The van der Waals surface area contributed by atoms with Gasteiger partial charge < -0.3 is 10.4 Å². The highest BCUT2D eigenvalue weighted by Gasteiger charge is 2.44. The third kappa shape index (κ3) is 2.45. The number of rotatable bonds is 1. The molecule has 0 unspecified atom stereocenters. The molecule has 18 heavy (non-hydrogen) atoms. The normalized spacial score (nSPS) is 31.4. The van der Waals surface area contributed by atoms with E-state index in [0.717, 1.165) is 12.8 Å². The molecule has 0 aromatic heterocycles. The summed E-state index contributed by atoms with van der Waals surface area (Å²) in [6.45, 7) is 0. The van der Waals surface area contributed by atoms with E-state index in [0.29, 0.717) is 11.6 Å². The summed E-state index contributed by atoms with van der Waals surface area (Å²) in [4.78, 5) is 0. The second-order valence-electron chi connectivity index (χ2n) is 6.20. The van der Waals surface area contributed by atoms with Crippen LogP contribution < -0.4 is 5.32 Å². The second-order valence-corrected chi connectivity index (χ2v) is 6.20. The van der Waals surface area contributed by atoms with Gasteiger partial charge in [0.2, 0.25) is 0 Å². The summed E-state index contributed by atoms with van der Waals surface area (Å²) in [5, 5.41) is 12.8. The number of aliphatic hydroxyl groups excluding tert-OH is 1. The monoisotopic (exact) mass is 246 g/mol. The Bertz CT molecular complexity index is 383. The summed E-state index contributed by atoms with van der Waals surface area (Å²) in [5.74, 6) is 0. The molecule has 98 valence electrons. The van der Waals surface area contributed by atoms with Crippen molar-refractivity contribution < 1.29 is 10.4 Å². The molecule has 3 N–H and O–H groups in total. The van der Waals surface area contributed by atoms with Gasteiger partial charge in [0.1, 0.15) is 6.04 Å². The largest absolute Gasteiger partial charge is 0.393 e. The van der Waals surface area contributed by atoms with Gasteiger partial charge in [-0.3, -0.25) is 0 Å². The number of benzene rings is 1. The lowest BCUT2D eigenvalue weighted by atomic mass is 9.73. The van der Waals surface area contributed by atoms with E-state index in [2.05, 4.69) is 35.6 Å². The van der Waals surface area contributed by atoms with Crippen LogP contribution in [-0.4, -0.2) is 16.7 Å². The van der Waals surface area contributed by atoms with Crippen LogP contribution >= 0.6 is 0 Å². The molecule has 1 spiro atoms. The van der Waals surface area contributed by atoms with Gasteiger partial charge in [-0.05, 0) is 12.8 Å². The van der Waals surface area contributed by atoms with Crippen molar-refractivity contribution in [3.63, 3.8) is 0 Å². The number of quaternary nitrogens is 1. The number of hydrogen-bond acceptors (Lipinski definition) is 1. The topological polar surface area (TPSA) is 36.8 Å². The van der Waals surface area contributed by atoms with E-state index in [1.54, 1.807) is 0 Å². The Morgan fingerprint density at radius 3 is 2.50 bits per heavy atom. The Balaban J connectivity index is 1.80. The molecule has 1 aromatic rings. The Kier molecular flexibility index (Phi) is 3.40. The molecule has 0 amide bonds. The molecule has 1 saturated heterocycles. The quantitative estimate of drug-likeness (QED) is 0.782. The van der Waals surface area contributed by atoms with Crippen LogP contribution in [0.25, 0.3) is 0 Å². The highest BCUT2D eigenvalue weighted by Crippen LogP contribution is 2.34. The number of hydrogen-bond donors (Lipinski definition) is 2. The molecule has 2 fully saturated rings. The van der Waals surface area contributed by atoms with Crippen molar-refractivity contribution in [3.8, 4) is 0 Å². The standard InChI is InChI=1S/C16H23NO/c18-14-11-15(13-7-3-1-4-8-13)17-16(12-14)9-5-2-6-10-16/h1,3-4,7-8,14-15,17-18H,2,5-6,9-12H2/p+1/t14-,15+/m1/s1. The molecule has 2 nitrogen and oxygen atoms in total. The molecule has 2 aliphatic rings. The number of piperidine rings is 1. The van der Waals surface area contributed by atoms with Gasteiger partial charge >= 0.3 is 0 Å². The molecular weight excluding hydrogens is 222 g/mol. The van der Waals surface area contributed by atoms with Crippen molar-refractivity contribution in [1.29, 1.82) is 0 Å². The van der Waals surface area contributed by atoms with Crippen LogP contribution in [0.2, 0.25) is 0 Å². The number of aliphatic hydroxyl groups is 1. The maximum absolute atomic E-state index is 10.2. The first kappa shape index (κ1) is 12.2. The molecule has 0 radical (unpaired) electrons. The Hall–Kier alpha value is -0.860. The molecule has 0 bridgehead atoms. The van der Waals surface area contributed by atoms with Crippen molar-refractivity contribution in [3.05, 3.63) is 35.9 Å². The summed E-state index contributed by atoms with van der Waals surface area (Å²) in [6, 6.07) is 11.1. The number of nitrogens with two attached hydrogens (primary N) is 1. The lowest BCUT2D eigenvalue weighted by Crippen LogP contribution is -2.99. The van der Waals surface area contributed by atoms with E-state index in [9.17, 15) is 5.11 Å². The molecular formula is C16H24NO+. The summed E-state index contributed by atoms with van der Waals surface area (Å²) in [6.07, 6.45) is 8.42. The minimum Gasteiger partial charge on any atom is -0.393 e. The molecule has 1 heterocycles. The van der Waals surface area contributed by atoms with Crippen LogP contribution in [0.15, 0.2) is 30.3 Å². The van der Waals surface area contributed by atoms with Gasteiger partial charge in [0.05, 0.1) is 11.6 Å². The van der Waals surface area contributed by atoms with E-state index in [-0.39, 0.29) is 6.10 Å². The summed E-state index contributed by atoms with van der Waals surface area (Å²) in [5.41, 5.74) is 1.71. The van der Waals surface area contributed by atoms with E-state index in [4.69, 9.17) is 0 Å². The molecule has 1 aliphatic heterocycles. The van der Waals surface area contributed by atoms with Crippen LogP contribution in [0.5, 0.6) is 0 Å². The fourth-order valence-electron chi connectivity index (χ4n) is 3.97. The predicted octanol–water partition coefficient (Wildman–Crippen LogP) is 2.15. The van der Waals surface area contributed by atoms with Gasteiger partial charge in [-0.25, -0.2) is 0 Å². The van der Waals surface area contributed by atoms with Gasteiger partial charge in [-0.1, -0.05) is 36.8 Å². The maximum Gasteiger partial charge on any atom is 0.114 e. The van der Waals surface area contributed by atoms with Crippen molar-refractivity contribution in [2.75, 3.05) is 0 Å².